The summed E-state index contributed by atoms with van der Waals surface area (Å²) in [5, 5.41) is 11.7. The van der Waals surface area contributed by atoms with Gasteiger partial charge in [0.15, 0.2) is 0 Å². The fourth-order valence-corrected chi connectivity index (χ4v) is 1.80. The fraction of sp³-hybridized carbons (Fsp3) is 0.900. The van der Waals surface area contributed by atoms with Crippen LogP contribution in [0.15, 0.2) is 0 Å². The van der Waals surface area contributed by atoms with Crippen LogP contribution in [0.1, 0.15) is 19.3 Å². The predicted octanol–water partition coefficient (Wildman–Crippen LogP) is -0.175. The van der Waals surface area contributed by atoms with Crippen molar-refractivity contribution in [2.45, 2.75) is 25.4 Å². The van der Waals surface area contributed by atoms with Crippen molar-refractivity contribution in [3.8, 4) is 0 Å². The summed E-state index contributed by atoms with van der Waals surface area (Å²) in [4.78, 5) is 13.1. The highest BCUT2D eigenvalue weighted by molar-refractivity contribution is 5.75. The van der Waals surface area contributed by atoms with Gasteiger partial charge in [-0.15, -0.1) is 0 Å². The first-order valence-corrected chi connectivity index (χ1v) is 5.19. The maximum absolute atomic E-state index is 11.0. The van der Waals surface area contributed by atoms with Gasteiger partial charge in [-0.05, 0) is 25.8 Å². The molecule has 1 saturated carbocycles. The van der Waals surface area contributed by atoms with Crippen molar-refractivity contribution in [1.82, 2.24) is 10.2 Å². The Balaban J connectivity index is 2.04. The van der Waals surface area contributed by atoms with Crippen LogP contribution in [-0.4, -0.2) is 49.2 Å². The highest BCUT2D eigenvalue weighted by atomic mass is 16.3. The molecule has 0 spiro atoms. The SMILES string of the molecule is CNC(=O)CCN(C)CC1CC(O)C1. The average Bonchev–Trinajstić information content (AvgIpc) is 2.11. The van der Waals surface area contributed by atoms with Gasteiger partial charge in [0.25, 0.3) is 0 Å². The van der Waals surface area contributed by atoms with Crippen LogP contribution in [0.2, 0.25) is 0 Å². The van der Waals surface area contributed by atoms with E-state index in [0.29, 0.717) is 12.3 Å². The van der Waals surface area contributed by atoms with Crippen LogP contribution in [0, 0.1) is 5.92 Å². The van der Waals surface area contributed by atoms with E-state index >= 15 is 0 Å². The third-order valence-electron chi connectivity index (χ3n) is 2.78. The zero-order chi connectivity index (χ0) is 10.6. The summed E-state index contributed by atoms with van der Waals surface area (Å²) in [6, 6.07) is 0. The molecule has 1 rings (SSSR count). The molecule has 14 heavy (non-hydrogen) atoms. The van der Waals surface area contributed by atoms with Gasteiger partial charge in [0.1, 0.15) is 0 Å². The smallest absolute Gasteiger partial charge is 0.221 e. The summed E-state index contributed by atoms with van der Waals surface area (Å²) >= 11 is 0. The van der Waals surface area contributed by atoms with E-state index in [4.69, 9.17) is 5.11 Å². The maximum atomic E-state index is 11.0. The molecule has 0 atom stereocenters. The predicted molar refractivity (Wildman–Crippen MR) is 54.9 cm³/mol. The molecule has 0 aliphatic heterocycles. The number of nitrogens with one attached hydrogen (secondary N) is 1. The lowest BCUT2D eigenvalue weighted by molar-refractivity contribution is -0.120. The summed E-state index contributed by atoms with van der Waals surface area (Å²) in [6.45, 7) is 1.79. The maximum Gasteiger partial charge on any atom is 0.221 e. The van der Waals surface area contributed by atoms with Crippen molar-refractivity contribution < 1.29 is 9.90 Å². The Bertz CT molecular complexity index is 191. The lowest BCUT2D eigenvalue weighted by Crippen LogP contribution is -2.38. The van der Waals surface area contributed by atoms with Crippen LogP contribution in [0.5, 0.6) is 0 Å². The number of amides is 1. The summed E-state index contributed by atoms with van der Waals surface area (Å²) in [5.74, 6) is 0.713. The third kappa shape index (κ3) is 3.64. The number of rotatable bonds is 5. The highest BCUT2D eigenvalue weighted by Crippen LogP contribution is 2.27. The van der Waals surface area contributed by atoms with Gasteiger partial charge in [-0.1, -0.05) is 0 Å². The van der Waals surface area contributed by atoms with E-state index in [1.54, 1.807) is 7.05 Å². The van der Waals surface area contributed by atoms with Crippen molar-refractivity contribution in [2.24, 2.45) is 5.92 Å². The van der Waals surface area contributed by atoms with Crippen molar-refractivity contribution in [2.75, 3.05) is 27.2 Å². The molecular weight excluding hydrogens is 180 g/mol. The summed E-state index contributed by atoms with van der Waals surface area (Å²) in [7, 11) is 3.68. The molecular formula is C10H20N2O2. The summed E-state index contributed by atoms with van der Waals surface area (Å²) < 4.78 is 0. The van der Waals surface area contributed by atoms with Gasteiger partial charge in [-0.25, -0.2) is 0 Å². The molecule has 1 fully saturated rings. The molecule has 0 heterocycles. The van der Waals surface area contributed by atoms with Gasteiger partial charge in [-0.2, -0.15) is 0 Å². The number of hydrogen-bond donors (Lipinski definition) is 2. The van der Waals surface area contributed by atoms with Crippen LogP contribution in [0.4, 0.5) is 0 Å². The van der Waals surface area contributed by atoms with Crippen LogP contribution >= 0.6 is 0 Å². The van der Waals surface area contributed by atoms with Crippen LogP contribution in [-0.2, 0) is 4.79 Å². The number of aliphatic hydroxyl groups excluding tert-OH is 1. The summed E-state index contributed by atoms with van der Waals surface area (Å²) in [6.07, 6.45) is 2.32. The van der Waals surface area contributed by atoms with Gasteiger partial charge in [-0.3, -0.25) is 4.79 Å². The van der Waals surface area contributed by atoms with Gasteiger partial charge in [0.05, 0.1) is 6.10 Å². The number of nitrogens with zero attached hydrogens (tertiary/aromatic N) is 1. The topological polar surface area (TPSA) is 52.6 Å². The number of hydrogen-bond acceptors (Lipinski definition) is 3. The van der Waals surface area contributed by atoms with Crippen molar-refractivity contribution >= 4 is 5.91 Å². The molecule has 1 aliphatic rings. The fourth-order valence-electron chi connectivity index (χ4n) is 1.80. The van der Waals surface area contributed by atoms with Crippen molar-refractivity contribution in [3.63, 3.8) is 0 Å². The molecule has 0 saturated heterocycles. The second-order valence-electron chi connectivity index (χ2n) is 4.18. The molecule has 0 radical (unpaired) electrons. The first-order valence-electron chi connectivity index (χ1n) is 5.19. The first kappa shape index (κ1) is 11.5. The van der Waals surface area contributed by atoms with Crippen LogP contribution < -0.4 is 5.32 Å². The molecule has 4 nitrogen and oxygen atoms in total. The molecule has 0 aromatic carbocycles. The minimum absolute atomic E-state index is 0.0765. The number of carbonyl (C=O) groups is 1. The largest absolute Gasteiger partial charge is 0.393 e. The van der Waals surface area contributed by atoms with Gasteiger partial charge >= 0.3 is 0 Å². The second kappa shape index (κ2) is 5.32. The second-order valence-corrected chi connectivity index (χ2v) is 4.18. The highest BCUT2D eigenvalue weighted by Gasteiger charge is 2.27. The molecule has 82 valence electrons. The van der Waals surface area contributed by atoms with E-state index in [0.717, 1.165) is 25.9 Å². The Kier molecular flexibility index (Phi) is 4.35. The lowest BCUT2D eigenvalue weighted by atomic mass is 9.82. The average molecular weight is 200 g/mol. The minimum atomic E-state index is -0.0765. The van der Waals surface area contributed by atoms with E-state index in [1.165, 1.54) is 0 Å². The molecule has 4 heteroatoms. The molecule has 0 aromatic rings. The molecule has 0 aromatic heterocycles. The lowest BCUT2D eigenvalue weighted by Gasteiger charge is -2.34. The van der Waals surface area contributed by atoms with E-state index in [-0.39, 0.29) is 12.0 Å². The number of aliphatic hydroxyl groups is 1. The minimum Gasteiger partial charge on any atom is -0.393 e. The van der Waals surface area contributed by atoms with Gasteiger partial charge in [0.2, 0.25) is 5.91 Å². The Morgan fingerprint density at radius 2 is 2.21 bits per heavy atom. The first-order chi connectivity index (χ1) is 6.61. The van der Waals surface area contributed by atoms with E-state index in [2.05, 4.69) is 10.2 Å². The quantitative estimate of drug-likeness (QED) is 0.647. The van der Waals surface area contributed by atoms with Crippen LogP contribution in [0.25, 0.3) is 0 Å². The standard InChI is InChI=1S/C10H20N2O2/c1-11-10(14)3-4-12(2)7-8-5-9(13)6-8/h8-9,13H,3-7H2,1-2H3,(H,11,14). The summed E-state index contributed by atoms with van der Waals surface area (Å²) in [5.41, 5.74) is 0. The van der Waals surface area contributed by atoms with Crippen LogP contribution in [0.3, 0.4) is 0 Å². The Morgan fingerprint density at radius 3 is 2.71 bits per heavy atom. The van der Waals surface area contributed by atoms with Crippen molar-refractivity contribution in [1.29, 1.82) is 0 Å². The Hall–Kier alpha value is -0.610. The van der Waals surface area contributed by atoms with E-state index in [9.17, 15) is 4.79 Å². The zero-order valence-corrected chi connectivity index (χ0v) is 8.99. The molecule has 0 bridgehead atoms. The zero-order valence-electron chi connectivity index (χ0n) is 8.99. The van der Waals surface area contributed by atoms with Crippen molar-refractivity contribution in [3.05, 3.63) is 0 Å². The Morgan fingerprint density at radius 1 is 1.57 bits per heavy atom. The molecule has 0 unspecified atom stereocenters. The third-order valence-corrected chi connectivity index (χ3v) is 2.78. The van der Waals surface area contributed by atoms with E-state index < -0.39 is 0 Å². The molecule has 1 amide bonds. The van der Waals surface area contributed by atoms with Gasteiger partial charge < -0.3 is 15.3 Å². The Labute approximate surface area is 85.3 Å². The monoisotopic (exact) mass is 200 g/mol. The normalized spacial score (nSPS) is 26.0. The van der Waals surface area contributed by atoms with E-state index in [1.807, 2.05) is 7.05 Å². The van der Waals surface area contributed by atoms with Gasteiger partial charge in [0, 0.05) is 26.6 Å². The molecule has 1 aliphatic carbocycles. The molecule has 2 N–H and O–H groups in total. The number of carbonyl (C=O) groups excluding carboxylic acids is 1.